The number of fused-ring (bicyclic) bond motifs is 2. The topological polar surface area (TPSA) is 142 Å². The van der Waals surface area contributed by atoms with Crippen molar-refractivity contribution in [1.82, 2.24) is 9.97 Å². The number of allylic oxidation sites excluding steroid dienone is 1. The van der Waals surface area contributed by atoms with Crippen LogP contribution in [-0.4, -0.2) is 31.0 Å². The molecule has 27 heavy (non-hydrogen) atoms. The van der Waals surface area contributed by atoms with E-state index in [4.69, 9.17) is 29.4 Å². The van der Waals surface area contributed by atoms with Crippen LogP contribution in [0.4, 0.5) is 0 Å². The first-order chi connectivity index (χ1) is 13.1. The smallest absolute Gasteiger partial charge is 0.258 e. The van der Waals surface area contributed by atoms with Crippen molar-refractivity contribution < 1.29 is 23.7 Å². The molecule has 0 amide bonds. The van der Waals surface area contributed by atoms with Crippen molar-refractivity contribution in [3.63, 3.8) is 0 Å². The first-order valence-electron chi connectivity index (χ1n) is 7.80. The molecule has 3 N–H and O–H groups in total. The van der Waals surface area contributed by atoms with Gasteiger partial charge in [-0.15, -0.1) is 0 Å². The van der Waals surface area contributed by atoms with Crippen molar-refractivity contribution in [3.8, 4) is 34.9 Å². The van der Waals surface area contributed by atoms with Crippen LogP contribution in [-0.2, 0) is 0 Å². The van der Waals surface area contributed by atoms with E-state index in [9.17, 15) is 10.1 Å². The Balaban J connectivity index is 2.07. The molecule has 10 heteroatoms. The van der Waals surface area contributed by atoms with Crippen molar-refractivity contribution in [1.29, 1.82) is 5.26 Å². The average Bonchev–Trinajstić information content (AvgIpc) is 3.15. The summed E-state index contributed by atoms with van der Waals surface area (Å²) in [6.45, 7) is -0.0128. The number of nitrogens with two attached hydrogens (primary N) is 1. The van der Waals surface area contributed by atoms with Gasteiger partial charge in [-0.05, 0) is 6.07 Å². The van der Waals surface area contributed by atoms with Crippen LogP contribution in [0.3, 0.4) is 0 Å². The first kappa shape index (κ1) is 16.6. The number of aromatic amines is 1. The molecule has 2 aliphatic heterocycles. The van der Waals surface area contributed by atoms with E-state index in [1.54, 1.807) is 6.07 Å². The summed E-state index contributed by atoms with van der Waals surface area (Å²) >= 11 is 0. The van der Waals surface area contributed by atoms with E-state index in [0.717, 1.165) is 0 Å². The number of nitrogens with zero attached hydrogens (tertiary/aromatic N) is 2. The van der Waals surface area contributed by atoms with Crippen molar-refractivity contribution in [2.75, 3.05) is 21.0 Å². The molecule has 0 unspecified atom stereocenters. The van der Waals surface area contributed by atoms with E-state index >= 15 is 0 Å². The van der Waals surface area contributed by atoms with Crippen molar-refractivity contribution in [2.45, 2.75) is 5.92 Å². The average molecular weight is 370 g/mol. The van der Waals surface area contributed by atoms with Gasteiger partial charge in [-0.1, -0.05) is 0 Å². The molecular formula is C17H14N4O6. The van der Waals surface area contributed by atoms with Gasteiger partial charge in [0, 0.05) is 5.56 Å². The lowest BCUT2D eigenvalue weighted by atomic mass is 9.84. The second-order valence-corrected chi connectivity index (χ2v) is 5.64. The summed E-state index contributed by atoms with van der Waals surface area (Å²) < 4.78 is 27.2. The number of nitrogens with one attached hydrogen (secondary N) is 1. The maximum Gasteiger partial charge on any atom is 0.258 e. The molecule has 0 bridgehead atoms. The maximum atomic E-state index is 12.5. The molecule has 3 heterocycles. The number of rotatable bonds is 3. The Kier molecular flexibility index (Phi) is 3.77. The number of aromatic nitrogens is 2. The number of hydrogen-bond acceptors (Lipinski definition) is 9. The third kappa shape index (κ3) is 2.32. The van der Waals surface area contributed by atoms with Crippen LogP contribution in [0.25, 0.3) is 0 Å². The fraction of sp³-hybridized carbons (Fsp3) is 0.235. The Bertz CT molecular complexity index is 1070. The van der Waals surface area contributed by atoms with Crippen molar-refractivity contribution in [2.24, 2.45) is 5.73 Å². The molecule has 0 fully saturated rings. The third-order valence-electron chi connectivity index (χ3n) is 4.35. The van der Waals surface area contributed by atoms with Crippen LogP contribution in [0.1, 0.15) is 17.0 Å². The molecule has 0 radical (unpaired) electrons. The summed E-state index contributed by atoms with van der Waals surface area (Å²) in [5, 5.41) is 9.66. The lowest BCUT2D eigenvalue weighted by molar-refractivity contribution is 0.168. The van der Waals surface area contributed by atoms with Crippen LogP contribution in [0, 0.1) is 11.3 Å². The molecule has 1 atom stereocenters. The summed E-state index contributed by atoms with van der Waals surface area (Å²) in [5.74, 6) is 0.324. The Hall–Kier alpha value is -3.87. The van der Waals surface area contributed by atoms with E-state index < -0.39 is 11.5 Å². The van der Waals surface area contributed by atoms with E-state index in [1.165, 1.54) is 20.5 Å². The molecule has 2 aromatic rings. The highest BCUT2D eigenvalue weighted by Crippen LogP contribution is 2.54. The molecule has 0 saturated heterocycles. The Labute approximate surface area is 152 Å². The predicted molar refractivity (Wildman–Crippen MR) is 89.8 cm³/mol. The standard InChI is InChI=1S/C17H14N4O6/c1-23-9-3-7(12(24-2)14-13(9)25-6-26-14)10-8(4-18)15(19)27-17-11(10)16(22)20-5-21-17/h3,5,10H,6,19H2,1-2H3,(H,20,21,22)/t10-/m0/s1. The van der Waals surface area contributed by atoms with Gasteiger partial charge in [0.05, 0.1) is 32.0 Å². The number of ether oxygens (including phenoxy) is 5. The molecule has 10 nitrogen and oxygen atoms in total. The van der Waals surface area contributed by atoms with Crippen LogP contribution >= 0.6 is 0 Å². The number of H-pyrrole nitrogens is 1. The zero-order chi connectivity index (χ0) is 19.1. The highest BCUT2D eigenvalue weighted by Gasteiger charge is 2.39. The van der Waals surface area contributed by atoms with Crippen LogP contribution in [0.15, 0.2) is 28.6 Å². The molecule has 1 aromatic heterocycles. The van der Waals surface area contributed by atoms with Gasteiger partial charge < -0.3 is 34.4 Å². The molecule has 4 rings (SSSR count). The second-order valence-electron chi connectivity index (χ2n) is 5.64. The fourth-order valence-corrected chi connectivity index (χ4v) is 3.22. The SMILES string of the molecule is COc1cc([C@H]2C(C#N)=C(N)Oc3nc[nH]c(=O)c32)c(OC)c2c1OCO2. The predicted octanol–water partition coefficient (Wildman–Crippen LogP) is 0.734. The quantitative estimate of drug-likeness (QED) is 0.799. The molecule has 1 aromatic carbocycles. The van der Waals surface area contributed by atoms with Gasteiger partial charge in [-0.2, -0.15) is 5.26 Å². The van der Waals surface area contributed by atoms with Crippen LogP contribution in [0.5, 0.6) is 28.9 Å². The molecular weight excluding hydrogens is 356 g/mol. The number of nitriles is 1. The summed E-state index contributed by atoms with van der Waals surface area (Å²) in [5.41, 5.74) is 6.04. The second kappa shape index (κ2) is 6.14. The fourth-order valence-electron chi connectivity index (χ4n) is 3.22. The normalized spacial score (nSPS) is 17.0. The van der Waals surface area contributed by atoms with Gasteiger partial charge in [0.1, 0.15) is 11.6 Å². The molecule has 0 aliphatic carbocycles. The third-order valence-corrected chi connectivity index (χ3v) is 4.35. The molecule has 138 valence electrons. The Morgan fingerprint density at radius 2 is 2.11 bits per heavy atom. The van der Waals surface area contributed by atoms with Gasteiger partial charge in [-0.3, -0.25) is 4.79 Å². The van der Waals surface area contributed by atoms with Gasteiger partial charge in [0.25, 0.3) is 5.56 Å². The maximum absolute atomic E-state index is 12.5. The van der Waals surface area contributed by atoms with E-state index in [1.807, 2.05) is 6.07 Å². The van der Waals surface area contributed by atoms with E-state index in [0.29, 0.717) is 28.6 Å². The summed E-state index contributed by atoms with van der Waals surface area (Å²) in [4.78, 5) is 19.0. The highest BCUT2D eigenvalue weighted by atomic mass is 16.7. The van der Waals surface area contributed by atoms with Gasteiger partial charge >= 0.3 is 0 Å². The van der Waals surface area contributed by atoms with Gasteiger partial charge in [-0.25, -0.2) is 4.98 Å². The molecule has 0 spiro atoms. The molecule has 0 saturated carbocycles. The number of benzene rings is 1. The zero-order valence-electron chi connectivity index (χ0n) is 14.4. The minimum atomic E-state index is -0.894. The number of methoxy groups -OCH3 is 2. The van der Waals surface area contributed by atoms with Gasteiger partial charge in [0.2, 0.25) is 30.1 Å². The highest BCUT2D eigenvalue weighted by molar-refractivity contribution is 5.68. The lowest BCUT2D eigenvalue weighted by Crippen LogP contribution is -2.28. The zero-order valence-corrected chi connectivity index (χ0v) is 14.4. The van der Waals surface area contributed by atoms with E-state index in [-0.39, 0.29) is 29.7 Å². The Morgan fingerprint density at radius 3 is 2.81 bits per heavy atom. The molecule has 2 aliphatic rings. The summed E-state index contributed by atoms with van der Waals surface area (Å²) in [6, 6.07) is 3.62. The van der Waals surface area contributed by atoms with Crippen LogP contribution in [0.2, 0.25) is 0 Å². The van der Waals surface area contributed by atoms with Crippen LogP contribution < -0.4 is 35.0 Å². The first-order valence-corrected chi connectivity index (χ1v) is 7.80. The summed E-state index contributed by atoms with van der Waals surface area (Å²) in [6.07, 6.45) is 1.19. The summed E-state index contributed by atoms with van der Waals surface area (Å²) in [7, 11) is 2.91. The van der Waals surface area contributed by atoms with E-state index in [2.05, 4.69) is 9.97 Å². The van der Waals surface area contributed by atoms with Crippen molar-refractivity contribution in [3.05, 3.63) is 45.3 Å². The van der Waals surface area contributed by atoms with Gasteiger partial charge in [0.15, 0.2) is 11.5 Å². The monoisotopic (exact) mass is 370 g/mol. The Morgan fingerprint density at radius 1 is 1.33 bits per heavy atom. The minimum absolute atomic E-state index is 0.0128. The largest absolute Gasteiger partial charge is 0.493 e. The number of hydrogen-bond donors (Lipinski definition) is 2. The van der Waals surface area contributed by atoms with Crippen molar-refractivity contribution >= 4 is 0 Å². The lowest BCUT2D eigenvalue weighted by Gasteiger charge is -2.26. The minimum Gasteiger partial charge on any atom is -0.493 e.